The Kier molecular flexibility index (Phi) is 2.24. The lowest BCUT2D eigenvalue weighted by Gasteiger charge is -2.00. The number of aromatic carboxylic acids is 1. The van der Waals surface area contributed by atoms with Crippen molar-refractivity contribution in [2.45, 2.75) is 13.5 Å². The Morgan fingerprint density at radius 2 is 2.47 bits per heavy atom. The van der Waals surface area contributed by atoms with Gasteiger partial charge in [0.05, 0.1) is 6.20 Å². The fourth-order valence-electron chi connectivity index (χ4n) is 1.35. The Balaban J connectivity index is 2.41. The maximum absolute atomic E-state index is 10.6. The quantitative estimate of drug-likeness (QED) is 0.784. The SMILES string of the molecule is CCn1nccc1-c1ncc(C(=O)O)[nH]1. The van der Waals surface area contributed by atoms with Crippen LogP contribution in [-0.2, 0) is 6.54 Å². The van der Waals surface area contributed by atoms with Gasteiger partial charge in [0.2, 0.25) is 0 Å². The van der Waals surface area contributed by atoms with E-state index in [2.05, 4.69) is 15.1 Å². The van der Waals surface area contributed by atoms with Crippen molar-refractivity contribution in [3.05, 3.63) is 24.2 Å². The van der Waals surface area contributed by atoms with Crippen molar-refractivity contribution in [1.82, 2.24) is 19.7 Å². The van der Waals surface area contributed by atoms with E-state index in [1.165, 1.54) is 6.20 Å². The first kappa shape index (κ1) is 9.45. The Bertz CT molecular complexity index is 486. The molecule has 2 N–H and O–H groups in total. The zero-order valence-electron chi connectivity index (χ0n) is 8.14. The molecule has 0 bridgehead atoms. The summed E-state index contributed by atoms with van der Waals surface area (Å²) in [5.74, 6) is -0.497. The summed E-state index contributed by atoms with van der Waals surface area (Å²) in [6.07, 6.45) is 2.95. The van der Waals surface area contributed by atoms with Crippen LogP contribution < -0.4 is 0 Å². The minimum Gasteiger partial charge on any atom is -0.477 e. The highest BCUT2D eigenvalue weighted by atomic mass is 16.4. The van der Waals surface area contributed by atoms with Crippen molar-refractivity contribution in [2.75, 3.05) is 0 Å². The Morgan fingerprint density at radius 1 is 1.67 bits per heavy atom. The van der Waals surface area contributed by atoms with Gasteiger partial charge in [-0.15, -0.1) is 0 Å². The van der Waals surface area contributed by atoms with E-state index in [0.717, 1.165) is 5.69 Å². The van der Waals surface area contributed by atoms with Crippen LogP contribution in [0, 0.1) is 0 Å². The molecule has 2 rings (SSSR count). The van der Waals surface area contributed by atoms with Gasteiger partial charge in [-0.05, 0) is 13.0 Å². The molecule has 0 aliphatic rings. The number of carboxylic acids is 1. The molecule has 0 unspecified atom stereocenters. The molecule has 2 heterocycles. The minimum absolute atomic E-state index is 0.0776. The van der Waals surface area contributed by atoms with Crippen molar-refractivity contribution in [2.24, 2.45) is 0 Å². The van der Waals surface area contributed by atoms with Gasteiger partial charge in [0.15, 0.2) is 5.82 Å². The molecule has 15 heavy (non-hydrogen) atoms. The predicted octanol–water partition coefficient (Wildman–Crippen LogP) is 0.991. The molecular weight excluding hydrogens is 196 g/mol. The molecule has 0 fully saturated rings. The smallest absolute Gasteiger partial charge is 0.353 e. The topological polar surface area (TPSA) is 83.8 Å². The third-order valence-corrected chi connectivity index (χ3v) is 2.06. The van der Waals surface area contributed by atoms with E-state index >= 15 is 0 Å². The van der Waals surface area contributed by atoms with Gasteiger partial charge in [0.1, 0.15) is 11.4 Å². The molecule has 2 aromatic heterocycles. The maximum Gasteiger partial charge on any atom is 0.353 e. The average Bonchev–Trinajstić information content (AvgIpc) is 2.85. The molecule has 6 nitrogen and oxygen atoms in total. The average molecular weight is 206 g/mol. The second-order valence-electron chi connectivity index (χ2n) is 2.98. The largest absolute Gasteiger partial charge is 0.477 e. The van der Waals surface area contributed by atoms with Crippen LogP contribution in [0.15, 0.2) is 18.5 Å². The number of nitrogens with zero attached hydrogens (tertiary/aromatic N) is 3. The molecule has 0 atom stereocenters. The van der Waals surface area contributed by atoms with Crippen molar-refractivity contribution in [1.29, 1.82) is 0 Å². The molecule has 0 aromatic carbocycles. The summed E-state index contributed by atoms with van der Waals surface area (Å²) in [4.78, 5) is 17.4. The lowest BCUT2D eigenvalue weighted by molar-refractivity contribution is 0.0691. The number of aryl methyl sites for hydroxylation is 1. The van der Waals surface area contributed by atoms with Gasteiger partial charge in [-0.25, -0.2) is 9.78 Å². The molecule has 0 amide bonds. The van der Waals surface area contributed by atoms with E-state index < -0.39 is 5.97 Å². The van der Waals surface area contributed by atoms with Crippen molar-refractivity contribution >= 4 is 5.97 Å². The number of hydrogen-bond donors (Lipinski definition) is 2. The number of rotatable bonds is 3. The molecule has 0 aliphatic heterocycles. The summed E-state index contributed by atoms with van der Waals surface area (Å²) in [5, 5.41) is 12.8. The number of H-pyrrole nitrogens is 1. The van der Waals surface area contributed by atoms with Crippen LogP contribution in [0.1, 0.15) is 17.4 Å². The minimum atomic E-state index is -1.02. The highest BCUT2D eigenvalue weighted by Gasteiger charge is 2.11. The van der Waals surface area contributed by atoms with Gasteiger partial charge < -0.3 is 10.1 Å². The molecule has 78 valence electrons. The Morgan fingerprint density at radius 3 is 3.07 bits per heavy atom. The summed E-state index contributed by atoms with van der Waals surface area (Å²) in [6, 6.07) is 1.79. The lowest BCUT2D eigenvalue weighted by Crippen LogP contribution is -2.00. The lowest BCUT2D eigenvalue weighted by atomic mass is 10.4. The molecule has 0 spiro atoms. The first-order chi connectivity index (χ1) is 7.22. The van der Waals surface area contributed by atoms with Crippen LogP contribution in [-0.4, -0.2) is 30.8 Å². The Hall–Kier alpha value is -2.11. The van der Waals surface area contributed by atoms with Crippen molar-refractivity contribution < 1.29 is 9.90 Å². The van der Waals surface area contributed by atoms with E-state index in [1.54, 1.807) is 16.9 Å². The van der Waals surface area contributed by atoms with Gasteiger partial charge in [0, 0.05) is 12.7 Å². The van der Waals surface area contributed by atoms with Gasteiger partial charge in [-0.1, -0.05) is 0 Å². The third-order valence-electron chi connectivity index (χ3n) is 2.06. The van der Waals surface area contributed by atoms with Gasteiger partial charge in [0.25, 0.3) is 0 Å². The van der Waals surface area contributed by atoms with Crippen LogP contribution in [0.4, 0.5) is 0 Å². The molecule has 2 aromatic rings. The van der Waals surface area contributed by atoms with Crippen LogP contribution in [0.5, 0.6) is 0 Å². The summed E-state index contributed by atoms with van der Waals surface area (Å²) >= 11 is 0. The first-order valence-corrected chi connectivity index (χ1v) is 4.53. The maximum atomic E-state index is 10.6. The van der Waals surface area contributed by atoms with E-state index in [4.69, 9.17) is 5.11 Å². The highest BCUT2D eigenvalue weighted by Crippen LogP contribution is 2.14. The number of aromatic amines is 1. The van der Waals surface area contributed by atoms with E-state index in [9.17, 15) is 4.79 Å². The number of imidazole rings is 1. The fourth-order valence-corrected chi connectivity index (χ4v) is 1.35. The van der Waals surface area contributed by atoms with Crippen LogP contribution >= 0.6 is 0 Å². The molecule has 0 saturated carbocycles. The molecule has 6 heteroatoms. The fraction of sp³-hybridized carbons (Fsp3) is 0.222. The standard InChI is InChI=1S/C9H10N4O2/c1-2-13-7(3-4-11-13)8-10-5-6(12-8)9(14)15/h3-5H,2H2,1H3,(H,10,12)(H,14,15). The number of nitrogens with one attached hydrogen (secondary N) is 1. The monoisotopic (exact) mass is 206 g/mol. The number of aromatic nitrogens is 4. The number of carbonyl (C=O) groups is 1. The zero-order valence-corrected chi connectivity index (χ0v) is 8.14. The van der Waals surface area contributed by atoms with Gasteiger partial charge >= 0.3 is 5.97 Å². The third kappa shape index (κ3) is 1.61. The van der Waals surface area contributed by atoms with Crippen LogP contribution in [0.3, 0.4) is 0 Å². The highest BCUT2D eigenvalue weighted by molar-refractivity contribution is 5.85. The second kappa shape index (κ2) is 3.56. The van der Waals surface area contributed by atoms with Gasteiger partial charge in [-0.2, -0.15) is 5.10 Å². The second-order valence-corrected chi connectivity index (χ2v) is 2.98. The number of hydrogen-bond acceptors (Lipinski definition) is 3. The molecule has 0 radical (unpaired) electrons. The molecule has 0 saturated heterocycles. The number of carboxylic acid groups (broad SMARTS) is 1. The summed E-state index contributed by atoms with van der Waals surface area (Å²) < 4.78 is 1.74. The summed E-state index contributed by atoms with van der Waals surface area (Å²) in [6.45, 7) is 2.67. The van der Waals surface area contributed by atoms with E-state index in [0.29, 0.717) is 12.4 Å². The summed E-state index contributed by atoms with van der Waals surface area (Å²) in [5.41, 5.74) is 0.860. The normalized spacial score (nSPS) is 10.5. The van der Waals surface area contributed by atoms with Gasteiger partial charge in [-0.3, -0.25) is 4.68 Å². The first-order valence-electron chi connectivity index (χ1n) is 4.53. The van der Waals surface area contributed by atoms with Crippen molar-refractivity contribution in [3.8, 4) is 11.5 Å². The van der Waals surface area contributed by atoms with E-state index in [1.807, 2.05) is 6.92 Å². The van der Waals surface area contributed by atoms with Crippen molar-refractivity contribution in [3.63, 3.8) is 0 Å². The van der Waals surface area contributed by atoms with Crippen LogP contribution in [0.25, 0.3) is 11.5 Å². The molecule has 0 aliphatic carbocycles. The summed E-state index contributed by atoms with van der Waals surface area (Å²) in [7, 11) is 0. The zero-order chi connectivity index (χ0) is 10.8. The van der Waals surface area contributed by atoms with E-state index in [-0.39, 0.29) is 5.69 Å². The van der Waals surface area contributed by atoms with Crippen LogP contribution in [0.2, 0.25) is 0 Å². The molecular formula is C9H10N4O2. The Labute approximate surface area is 85.6 Å². The predicted molar refractivity (Wildman–Crippen MR) is 52.4 cm³/mol.